The monoisotopic (exact) mass is 418 g/mol. The van der Waals surface area contributed by atoms with Crippen LogP contribution in [0.25, 0.3) is 21.7 Å². The molecule has 1 N–H and O–H groups in total. The first-order valence-corrected chi connectivity index (χ1v) is 9.99. The van der Waals surface area contributed by atoms with Crippen molar-refractivity contribution in [3.8, 4) is 21.7 Å². The van der Waals surface area contributed by atoms with Crippen molar-refractivity contribution in [2.75, 3.05) is 5.43 Å². The van der Waals surface area contributed by atoms with Gasteiger partial charge in [-0.05, 0) is 43.7 Å². The zero-order valence-electron chi connectivity index (χ0n) is 16.3. The number of hydrazone groups is 1. The predicted molar refractivity (Wildman–Crippen MR) is 119 cm³/mol. The number of furan rings is 1. The fourth-order valence-electron chi connectivity index (χ4n) is 2.88. The zero-order valence-corrected chi connectivity index (χ0v) is 17.1. The van der Waals surface area contributed by atoms with Gasteiger partial charge in [0.2, 0.25) is 5.13 Å². The molecule has 30 heavy (non-hydrogen) atoms. The van der Waals surface area contributed by atoms with E-state index < -0.39 is 4.92 Å². The van der Waals surface area contributed by atoms with Crippen molar-refractivity contribution in [2.45, 2.75) is 13.8 Å². The zero-order chi connectivity index (χ0) is 21.1. The number of nitrogens with zero attached hydrogens (tertiary/aromatic N) is 3. The Bertz CT molecular complexity index is 1210. The van der Waals surface area contributed by atoms with Gasteiger partial charge >= 0.3 is 0 Å². The summed E-state index contributed by atoms with van der Waals surface area (Å²) in [4.78, 5) is 16.2. The van der Waals surface area contributed by atoms with Crippen LogP contribution in [0.4, 0.5) is 10.8 Å². The molecular formula is C22H18N4O3S. The van der Waals surface area contributed by atoms with Crippen LogP contribution in [0, 0.1) is 24.0 Å². The molecule has 0 amide bonds. The first-order chi connectivity index (χ1) is 14.5. The average Bonchev–Trinajstić information content (AvgIpc) is 3.35. The summed E-state index contributed by atoms with van der Waals surface area (Å²) >= 11 is 1.43. The lowest BCUT2D eigenvalue weighted by Gasteiger charge is -2.03. The topological polar surface area (TPSA) is 93.6 Å². The molecule has 8 heteroatoms. The maximum absolute atomic E-state index is 11.0. The molecule has 0 fully saturated rings. The summed E-state index contributed by atoms with van der Waals surface area (Å²) in [6, 6.07) is 18.3. The lowest BCUT2D eigenvalue weighted by atomic mass is 10.1. The van der Waals surface area contributed by atoms with E-state index in [1.54, 1.807) is 18.3 Å². The minimum absolute atomic E-state index is 0.0526. The lowest BCUT2D eigenvalue weighted by Crippen LogP contribution is -1.89. The van der Waals surface area contributed by atoms with E-state index in [1.807, 2.05) is 50.2 Å². The second-order valence-corrected chi connectivity index (χ2v) is 7.68. The van der Waals surface area contributed by atoms with Gasteiger partial charge in [0.15, 0.2) is 0 Å². The number of hydrogen-bond donors (Lipinski definition) is 1. The molecule has 2 aromatic carbocycles. The van der Waals surface area contributed by atoms with Crippen molar-refractivity contribution in [1.29, 1.82) is 0 Å². The van der Waals surface area contributed by atoms with Gasteiger partial charge in [-0.2, -0.15) is 5.10 Å². The standard InChI is InChI=1S/C22H18N4O3S/c1-14-3-6-16(7-4-14)20-21(17-8-10-18(11-9-17)26(27)28)30-22(24-20)25-23-13-19-12-5-15(2)29-19/h3-13H,1-2H3,(H,24,25)/b23-13-. The normalized spacial score (nSPS) is 11.1. The molecule has 150 valence electrons. The van der Waals surface area contributed by atoms with Gasteiger partial charge in [-0.1, -0.05) is 41.2 Å². The Balaban J connectivity index is 1.68. The third kappa shape index (κ3) is 4.28. The van der Waals surface area contributed by atoms with E-state index in [9.17, 15) is 10.1 Å². The van der Waals surface area contributed by atoms with Crippen LogP contribution in [0.15, 0.2) is 70.2 Å². The number of nitrogens with one attached hydrogen (secondary N) is 1. The first kappa shape index (κ1) is 19.5. The molecule has 4 aromatic rings. The summed E-state index contributed by atoms with van der Waals surface area (Å²) in [5, 5.41) is 15.8. The number of rotatable bonds is 6. The van der Waals surface area contributed by atoms with Crippen LogP contribution in [0.2, 0.25) is 0 Å². The van der Waals surface area contributed by atoms with Crippen molar-refractivity contribution < 1.29 is 9.34 Å². The fraction of sp³-hybridized carbons (Fsp3) is 0.0909. The molecule has 7 nitrogen and oxygen atoms in total. The van der Waals surface area contributed by atoms with Gasteiger partial charge in [-0.3, -0.25) is 15.5 Å². The Morgan fingerprint density at radius 1 is 1.03 bits per heavy atom. The molecule has 0 atom stereocenters. The van der Waals surface area contributed by atoms with Gasteiger partial charge in [-0.15, -0.1) is 0 Å². The van der Waals surface area contributed by atoms with E-state index in [-0.39, 0.29) is 5.69 Å². The van der Waals surface area contributed by atoms with Gasteiger partial charge in [0.05, 0.1) is 21.7 Å². The number of anilines is 1. The summed E-state index contributed by atoms with van der Waals surface area (Å²) in [5.41, 5.74) is 6.77. The molecule has 0 aliphatic heterocycles. The summed E-state index contributed by atoms with van der Waals surface area (Å²) in [5.74, 6) is 1.46. The van der Waals surface area contributed by atoms with Crippen LogP contribution >= 0.6 is 11.3 Å². The molecule has 0 saturated carbocycles. The second-order valence-electron chi connectivity index (χ2n) is 6.69. The predicted octanol–water partition coefficient (Wildman–Crippen LogP) is 6.04. The quantitative estimate of drug-likeness (QED) is 0.234. The SMILES string of the molecule is Cc1ccc(-c2nc(N/N=C\c3ccc(C)o3)sc2-c2ccc([N+](=O)[O-])cc2)cc1. The van der Waals surface area contributed by atoms with Gasteiger partial charge in [-0.25, -0.2) is 4.98 Å². The molecule has 0 spiro atoms. The third-order valence-electron chi connectivity index (χ3n) is 4.41. The number of nitro benzene ring substituents is 1. The van der Waals surface area contributed by atoms with Crippen LogP contribution in [0.3, 0.4) is 0 Å². The summed E-state index contributed by atoms with van der Waals surface area (Å²) in [6.45, 7) is 3.90. The molecule has 2 aromatic heterocycles. The Hall–Kier alpha value is -3.78. The number of aromatic nitrogens is 1. The highest BCUT2D eigenvalue weighted by Crippen LogP contribution is 2.39. The summed E-state index contributed by atoms with van der Waals surface area (Å²) in [6.07, 6.45) is 1.59. The third-order valence-corrected chi connectivity index (χ3v) is 5.41. The van der Waals surface area contributed by atoms with Crippen LogP contribution in [0.1, 0.15) is 17.1 Å². The van der Waals surface area contributed by atoms with Crippen molar-refractivity contribution >= 4 is 28.4 Å². The largest absolute Gasteiger partial charge is 0.460 e. The molecule has 0 aliphatic rings. The number of aryl methyl sites for hydroxylation is 2. The molecule has 2 heterocycles. The number of benzene rings is 2. The maximum Gasteiger partial charge on any atom is 0.269 e. The highest BCUT2D eigenvalue weighted by Gasteiger charge is 2.16. The highest BCUT2D eigenvalue weighted by molar-refractivity contribution is 7.19. The van der Waals surface area contributed by atoms with Crippen LogP contribution < -0.4 is 5.43 Å². The Morgan fingerprint density at radius 2 is 1.73 bits per heavy atom. The molecule has 0 saturated heterocycles. The van der Waals surface area contributed by atoms with E-state index >= 15 is 0 Å². The number of thiazole rings is 1. The van der Waals surface area contributed by atoms with Gasteiger partial charge in [0, 0.05) is 17.7 Å². The highest BCUT2D eigenvalue weighted by atomic mass is 32.1. The number of nitro groups is 1. The van der Waals surface area contributed by atoms with E-state index in [1.165, 1.54) is 23.5 Å². The Labute approximate surface area is 176 Å². The van der Waals surface area contributed by atoms with E-state index in [4.69, 9.17) is 9.40 Å². The minimum atomic E-state index is -0.407. The Morgan fingerprint density at radius 3 is 2.37 bits per heavy atom. The first-order valence-electron chi connectivity index (χ1n) is 9.18. The second kappa shape index (κ2) is 8.30. The smallest absolute Gasteiger partial charge is 0.269 e. The maximum atomic E-state index is 11.0. The van der Waals surface area contributed by atoms with E-state index in [0.717, 1.165) is 33.0 Å². The summed E-state index contributed by atoms with van der Waals surface area (Å²) in [7, 11) is 0. The van der Waals surface area contributed by atoms with Crippen molar-refractivity contribution in [3.05, 3.63) is 87.9 Å². The van der Waals surface area contributed by atoms with Crippen molar-refractivity contribution in [1.82, 2.24) is 4.98 Å². The molecule has 0 aliphatic carbocycles. The number of non-ortho nitro benzene ring substituents is 1. The average molecular weight is 418 g/mol. The van der Waals surface area contributed by atoms with E-state index in [2.05, 4.69) is 10.5 Å². The minimum Gasteiger partial charge on any atom is -0.460 e. The van der Waals surface area contributed by atoms with Crippen LogP contribution in [-0.2, 0) is 0 Å². The molecule has 0 radical (unpaired) electrons. The van der Waals surface area contributed by atoms with Crippen molar-refractivity contribution in [3.63, 3.8) is 0 Å². The van der Waals surface area contributed by atoms with Crippen LogP contribution in [0.5, 0.6) is 0 Å². The summed E-state index contributed by atoms with van der Waals surface area (Å²) < 4.78 is 5.47. The van der Waals surface area contributed by atoms with E-state index in [0.29, 0.717) is 10.9 Å². The molecular weight excluding hydrogens is 400 g/mol. The van der Waals surface area contributed by atoms with Gasteiger partial charge < -0.3 is 4.42 Å². The Kier molecular flexibility index (Phi) is 5.40. The molecule has 4 rings (SSSR count). The van der Waals surface area contributed by atoms with Gasteiger partial charge in [0.1, 0.15) is 11.5 Å². The van der Waals surface area contributed by atoms with Gasteiger partial charge in [0.25, 0.3) is 5.69 Å². The van der Waals surface area contributed by atoms with Crippen LogP contribution in [-0.4, -0.2) is 16.1 Å². The van der Waals surface area contributed by atoms with Crippen molar-refractivity contribution in [2.24, 2.45) is 5.10 Å². The molecule has 0 unspecified atom stereocenters. The number of hydrogen-bond acceptors (Lipinski definition) is 7. The lowest BCUT2D eigenvalue weighted by molar-refractivity contribution is -0.384. The molecule has 0 bridgehead atoms. The fourth-order valence-corrected chi connectivity index (χ4v) is 3.82.